The van der Waals surface area contributed by atoms with E-state index in [0.717, 1.165) is 24.9 Å². The summed E-state index contributed by atoms with van der Waals surface area (Å²) in [5, 5.41) is 0. The number of rotatable bonds is 1. The molecule has 0 fully saturated rings. The molecule has 1 aromatic rings. The summed E-state index contributed by atoms with van der Waals surface area (Å²) in [6, 6.07) is 3.89. The summed E-state index contributed by atoms with van der Waals surface area (Å²) in [7, 11) is 0. The van der Waals surface area contributed by atoms with Crippen LogP contribution in [0.2, 0.25) is 0 Å². The Morgan fingerprint density at radius 1 is 1.29 bits per heavy atom. The first-order valence-electron chi connectivity index (χ1n) is 3.78. The molecule has 0 saturated heterocycles. The molecule has 1 aliphatic rings. The summed E-state index contributed by atoms with van der Waals surface area (Å²) in [6.45, 7) is 0.288. The molecule has 0 N–H and O–H groups in total. The first kappa shape index (κ1) is 10.5. The van der Waals surface area contributed by atoms with Gasteiger partial charge >= 0.3 is 0 Å². The largest absolute Gasteiger partial charge is 0.454 e. The lowest BCUT2D eigenvalue weighted by molar-refractivity contribution is 0.173. The third-order valence-corrected chi connectivity index (χ3v) is 2.77. The van der Waals surface area contributed by atoms with Crippen LogP contribution < -0.4 is 9.47 Å². The Bertz CT molecular complexity index is 397. The molecule has 2 rings (SSSR count). The van der Waals surface area contributed by atoms with Crippen molar-refractivity contribution in [2.45, 2.75) is 0 Å². The lowest BCUT2D eigenvalue weighted by Crippen LogP contribution is -1.93. The molecule has 1 heterocycles. The van der Waals surface area contributed by atoms with Gasteiger partial charge in [-0.05, 0) is 71.6 Å². The lowest BCUT2D eigenvalue weighted by Gasteiger charge is -2.01. The average molecular weight is 385 g/mol. The van der Waals surface area contributed by atoms with Gasteiger partial charge in [0, 0.05) is 0 Å². The zero-order valence-electron chi connectivity index (χ0n) is 6.89. The van der Waals surface area contributed by atoms with Crippen molar-refractivity contribution in [2.75, 3.05) is 6.79 Å². The Balaban J connectivity index is 2.47. The van der Waals surface area contributed by atoms with Gasteiger partial charge in [0.1, 0.15) is 0 Å². The lowest BCUT2D eigenvalue weighted by atomic mass is 10.2. The van der Waals surface area contributed by atoms with E-state index in [-0.39, 0.29) is 6.79 Å². The van der Waals surface area contributed by atoms with Crippen LogP contribution >= 0.6 is 47.8 Å². The van der Waals surface area contributed by atoms with E-state index in [2.05, 4.69) is 47.8 Å². The number of hydrogen-bond acceptors (Lipinski definition) is 2. The predicted molar refractivity (Wildman–Crippen MR) is 66.1 cm³/mol. The zero-order chi connectivity index (χ0) is 10.1. The van der Waals surface area contributed by atoms with E-state index < -0.39 is 0 Å². The van der Waals surface area contributed by atoms with Crippen LogP contribution in [0.1, 0.15) is 5.56 Å². The highest BCUT2D eigenvalue weighted by atomic mass is 79.9. The van der Waals surface area contributed by atoms with E-state index in [4.69, 9.17) is 9.47 Å². The molecule has 14 heavy (non-hydrogen) atoms. The molecule has 0 atom stereocenters. The Hall–Kier alpha value is -0.000000000000000111. The third kappa shape index (κ3) is 2.15. The number of halogens is 3. The van der Waals surface area contributed by atoms with Crippen LogP contribution in [0.15, 0.2) is 20.0 Å². The number of benzene rings is 1. The van der Waals surface area contributed by atoms with Crippen LogP contribution in [-0.4, -0.2) is 6.79 Å². The van der Waals surface area contributed by atoms with Gasteiger partial charge in [-0.15, -0.1) is 0 Å². The Labute approximate surface area is 107 Å². The van der Waals surface area contributed by atoms with Gasteiger partial charge in [0.05, 0.1) is 7.86 Å². The summed E-state index contributed by atoms with van der Waals surface area (Å²) in [5.74, 6) is 1.54. The fourth-order valence-electron chi connectivity index (χ4n) is 1.20. The van der Waals surface area contributed by atoms with Gasteiger partial charge in [-0.1, -0.05) is 0 Å². The first-order chi connectivity index (χ1) is 6.66. The zero-order valence-corrected chi connectivity index (χ0v) is 11.6. The molecular weight excluding hydrogens is 380 g/mol. The molecule has 74 valence electrons. The molecule has 1 aromatic carbocycles. The summed E-state index contributed by atoms with van der Waals surface area (Å²) in [4.78, 5) is 0. The average Bonchev–Trinajstić information content (AvgIpc) is 2.50. The Morgan fingerprint density at radius 2 is 2.07 bits per heavy atom. The maximum atomic E-state index is 5.29. The minimum Gasteiger partial charge on any atom is -0.454 e. The Morgan fingerprint density at radius 3 is 2.79 bits per heavy atom. The van der Waals surface area contributed by atoms with Crippen LogP contribution in [0.4, 0.5) is 0 Å². The second kappa shape index (κ2) is 4.24. The molecule has 0 aliphatic carbocycles. The molecule has 0 unspecified atom stereocenters. The quantitative estimate of drug-likeness (QED) is 0.720. The van der Waals surface area contributed by atoms with Crippen molar-refractivity contribution in [3.05, 3.63) is 25.6 Å². The van der Waals surface area contributed by atoms with Crippen LogP contribution in [0.3, 0.4) is 0 Å². The second-order valence-corrected chi connectivity index (χ2v) is 6.30. The number of ether oxygens (including phenoxy) is 2. The predicted octanol–water partition coefficient (Wildman–Crippen LogP) is 4.27. The molecule has 0 spiro atoms. The molecule has 5 heteroatoms. The van der Waals surface area contributed by atoms with Crippen LogP contribution in [0, 0.1) is 0 Å². The van der Waals surface area contributed by atoms with Crippen LogP contribution in [0.5, 0.6) is 11.5 Å². The summed E-state index contributed by atoms with van der Waals surface area (Å²) < 4.78 is 12.4. The van der Waals surface area contributed by atoms with Crippen molar-refractivity contribution in [3.63, 3.8) is 0 Å². The minimum atomic E-state index is 0.288. The smallest absolute Gasteiger partial charge is 0.231 e. The molecule has 0 aromatic heterocycles. The summed E-state index contributed by atoms with van der Waals surface area (Å²) in [5.41, 5.74) is 1.03. The molecule has 1 aliphatic heterocycles. The van der Waals surface area contributed by atoms with Gasteiger partial charge in [-0.2, -0.15) is 0 Å². The summed E-state index contributed by atoms with van der Waals surface area (Å²) in [6.07, 6.45) is 1.94. The number of fused-ring (bicyclic) bond motifs is 1. The molecule has 0 bridgehead atoms. The van der Waals surface area contributed by atoms with Crippen LogP contribution in [-0.2, 0) is 0 Å². The van der Waals surface area contributed by atoms with Crippen molar-refractivity contribution in [2.24, 2.45) is 0 Å². The topological polar surface area (TPSA) is 18.5 Å². The molecular formula is C9H5Br3O2. The highest BCUT2D eigenvalue weighted by molar-refractivity contribution is 9.28. The summed E-state index contributed by atoms with van der Waals surface area (Å²) >= 11 is 10.0. The normalized spacial score (nSPS) is 12.8. The van der Waals surface area contributed by atoms with E-state index in [0.29, 0.717) is 0 Å². The maximum Gasteiger partial charge on any atom is 0.231 e. The highest BCUT2D eigenvalue weighted by Crippen LogP contribution is 2.40. The SMILES string of the molecule is BrC(Br)=Cc1cc(Br)c2c(c1)OCO2. The number of hydrogen-bond donors (Lipinski definition) is 0. The monoisotopic (exact) mass is 382 g/mol. The van der Waals surface area contributed by atoms with Gasteiger partial charge in [0.25, 0.3) is 0 Å². The van der Waals surface area contributed by atoms with Crippen LogP contribution in [0.25, 0.3) is 6.08 Å². The van der Waals surface area contributed by atoms with Gasteiger partial charge in [0.2, 0.25) is 6.79 Å². The molecule has 0 saturated carbocycles. The second-order valence-electron chi connectivity index (χ2n) is 2.67. The molecule has 2 nitrogen and oxygen atoms in total. The highest BCUT2D eigenvalue weighted by Gasteiger charge is 2.17. The minimum absolute atomic E-state index is 0.288. The third-order valence-electron chi connectivity index (χ3n) is 1.73. The molecule has 0 radical (unpaired) electrons. The van der Waals surface area contributed by atoms with E-state index >= 15 is 0 Å². The first-order valence-corrected chi connectivity index (χ1v) is 6.16. The van der Waals surface area contributed by atoms with Gasteiger partial charge < -0.3 is 9.47 Å². The van der Waals surface area contributed by atoms with E-state index in [1.54, 1.807) is 0 Å². The van der Waals surface area contributed by atoms with E-state index in [1.807, 2.05) is 18.2 Å². The maximum absolute atomic E-state index is 5.29. The Kier molecular flexibility index (Phi) is 3.19. The van der Waals surface area contributed by atoms with Crippen molar-refractivity contribution in [1.29, 1.82) is 0 Å². The van der Waals surface area contributed by atoms with Crippen molar-refractivity contribution < 1.29 is 9.47 Å². The van der Waals surface area contributed by atoms with E-state index in [1.165, 1.54) is 0 Å². The van der Waals surface area contributed by atoms with Crippen molar-refractivity contribution in [1.82, 2.24) is 0 Å². The van der Waals surface area contributed by atoms with Gasteiger partial charge in [-0.3, -0.25) is 0 Å². The molecule has 0 amide bonds. The van der Waals surface area contributed by atoms with Gasteiger partial charge in [-0.25, -0.2) is 0 Å². The van der Waals surface area contributed by atoms with Crippen molar-refractivity contribution >= 4 is 53.9 Å². The fourth-order valence-corrected chi connectivity index (χ4v) is 2.30. The van der Waals surface area contributed by atoms with E-state index in [9.17, 15) is 0 Å². The van der Waals surface area contributed by atoms with Crippen molar-refractivity contribution in [3.8, 4) is 11.5 Å². The van der Waals surface area contributed by atoms with Gasteiger partial charge in [0.15, 0.2) is 11.5 Å². The standard InChI is InChI=1S/C9H5Br3O2/c10-6-1-5(3-8(11)12)2-7-9(6)14-4-13-7/h1-3H,4H2. The fraction of sp³-hybridized carbons (Fsp3) is 0.111.